The van der Waals surface area contributed by atoms with Crippen molar-refractivity contribution in [3.8, 4) is 0 Å². The van der Waals surface area contributed by atoms with Crippen LogP contribution in [0.15, 0.2) is 18.2 Å². The zero-order chi connectivity index (χ0) is 14.0. The average molecular weight is 265 g/mol. The van der Waals surface area contributed by atoms with Gasteiger partial charge in [0.1, 0.15) is 11.4 Å². The number of hydrogen-bond acceptors (Lipinski definition) is 5. The Balaban J connectivity index is 2.52. The summed E-state index contributed by atoms with van der Waals surface area (Å²) < 4.78 is 5.47. The van der Waals surface area contributed by atoms with Gasteiger partial charge in [-0.05, 0) is 26.0 Å². The minimum atomic E-state index is -0.327. The van der Waals surface area contributed by atoms with Gasteiger partial charge in [0, 0.05) is 13.6 Å². The van der Waals surface area contributed by atoms with Crippen LogP contribution in [-0.4, -0.2) is 37.3 Å². The number of benzene rings is 1. The molecule has 19 heavy (non-hydrogen) atoms. The van der Waals surface area contributed by atoms with E-state index in [1.807, 2.05) is 19.9 Å². The van der Waals surface area contributed by atoms with E-state index in [9.17, 15) is 10.1 Å². The number of para-hydroxylation sites is 1. The number of rotatable bonds is 3. The molecule has 6 nitrogen and oxygen atoms in total. The molecular formula is C13H19N3O3. The van der Waals surface area contributed by atoms with Gasteiger partial charge in [0.25, 0.3) is 0 Å². The highest BCUT2D eigenvalue weighted by molar-refractivity contribution is 5.77. The maximum absolute atomic E-state index is 11.4. The third kappa shape index (κ3) is 2.49. The van der Waals surface area contributed by atoms with Gasteiger partial charge in [-0.25, -0.2) is 0 Å². The first-order valence-electron chi connectivity index (χ1n) is 6.28. The van der Waals surface area contributed by atoms with Gasteiger partial charge >= 0.3 is 5.69 Å². The van der Waals surface area contributed by atoms with E-state index in [4.69, 9.17) is 4.74 Å². The Morgan fingerprint density at radius 3 is 2.79 bits per heavy atom. The molecule has 0 saturated carbocycles. The lowest BCUT2D eigenvalue weighted by Gasteiger charge is -2.43. The van der Waals surface area contributed by atoms with Crippen LogP contribution in [0.2, 0.25) is 0 Å². The molecule has 0 aromatic heterocycles. The van der Waals surface area contributed by atoms with E-state index in [0.29, 0.717) is 31.1 Å². The second-order valence-corrected chi connectivity index (χ2v) is 5.20. The van der Waals surface area contributed by atoms with E-state index >= 15 is 0 Å². The van der Waals surface area contributed by atoms with Gasteiger partial charge in [-0.3, -0.25) is 10.1 Å². The Labute approximate surface area is 112 Å². The summed E-state index contributed by atoms with van der Waals surface area (Å²) in [6.45, 7) is 5.86. The Morgan fingerprint density at radius 2 is 2.21 bits per heavy atom. The lowest BCUT2D eigenvalue weighted by Crippen LogP contribution is -2.53. The Kier molecular flexibility index (Phi) is 3.61. The molecule has 6 heteroatoms. The van der Waals surface area contributed by atoms with E-state index in [2.05, 4.69) is 10.2 Å². The number of nitro benzene ring substituents is 1. The normalized spacial score (nSPS) is 18.2. The first kappa shape index (κ1) is 13.6. The van der Waals surface area contributed by atoms with Crippen LogP contribution in [-0.2, 0) is 4.74 Å². The quantitative estimate of drug-likeness (QED) is 0.670. The van der Waals surface area contributed by atoms with Gasteiger partial charge in [0.15, 0.2) is 0 Å². The van der Waals surface area contributed by atoms with Crippen molar-refractivity contribution in [2.24, 2.45) is 0 Å². The SMILES string of the molecule is CNc1cccc(N2CCOCC2(C)C)c1[N+](=O)[O-]. The van der Waals surface area contributed by atoms with Gasteiger partial charge in [-0.15, -0.1) is 0 Å². The molecule has 1 fully saturated rings. The van der Waals surface area contributed by atoms with Crippen LogP contribution >= 0.6 is 0 Å². The van der Waals surface area contributed by atoms with Gasteiger partial charge < -0.3 is 15.0 Å². The van der Waals surface area contributed by atoms with Crippen LogP contribution in [0, 0.1) is 10.1 Å². The van der Waals surface area contributed by atoms with Crippen molar-refractivity contribution >= 4 is 17.1 Å². The molecule has 0 unspecified atom stereocenters. The van der Waals surface area contributed by atoms with Crippen LogP contribution in [0.4, 0.5) is 17.1 Å². The molecule has 1 aromatic rings. The molecular weight excluding hydrogens is 246 g/mol. The summed E-state index contributed by atoms with van der Waals surface area (Å²) in [6, 6.07) is 5.35. The molecule has 1 aliphatic heterocycles. The molecule has 1 N–H and O–H groups in total. The van der Waals surface area contributed by atoms with E-state index in [1.165, 1.54) is 0 Å². The summed E-state index contributed by atoms with van der Waals surface area (Å²) in [4.78, 5) is 13.1. The maximum atomic E-state index is 11.4. The summed E-state index contributed by atoms with van der Waals surface area (Å²) in [7, 11) is 1.69. The zero-order valence-corrected chi connectivity index (χ0v) is 11.5. The van der Waals surface area contributed by atoms with Crippen LogP contribution < -0.4 is 10.2 Å². The third-order valence-electron chi connectivity index (χ3n) is 3.40. The summed E-state index contributed by atoms with van der Waals surface area (Å²) in [5.41, 5.74) is 1.05. The zero-order valence-electron chi connectivity index (χ0n) is 11.5. The first-order chi connectivity index (χ1) is 8.97. The fraction of sp³-hybridized carbons (Fsp3) is 0.538. The lowest BCUT2D eigenvalue weighted by atomic mass is 10.0. The van der Waals surface area contributed by atoms with E-state index in [-0.39, 0.29) is 16.1 Å². The molecule has 0 aliphatic carbocycles. The standard InChI is InChI=1S/C13H19N3O3/c1-13(2)9-19-8-7-15(13)11-6-4-5-10(14-3)12(11)16(17)18/h4-6,14H,7-9H2,1-3H3. The van der Waals surface area contributed by atoms with Crippen molar-refractivity contribution in [1.29, 1.82) is 0 Å². The Morgan fingerprint density at radius 1 is 1.47 bits per heavy atom. The molecule has 0 radical (unpaired) electrons. The second kappa shape index (κ2) is 5.05. The van der Waals surface area contributed by atoms with Crippen molar-refractivity contribution in [2.75, 3.05) is 37.0 Å². The van der Waals surface area contributed by atoms with Crippen molar-refractivity contribution in [3.63, 3.8) is 0 Å². The second-order valence-electron chi connectivity index (χ2n) is 5.20. The lowest BCUT2D eigenvalue weighted by molar-refractivity contribution is -0.383. The number of nitrogens with one attached hydrogen (secondary N) is 1. The summed E-state index contributed by atoms with van der Waals surface area (Å²) in [6.07, 6.45) is 0. The number of anilines is 2. The number of hydrogen-bond donors (Lipinski definition) is 1. The van der Waals surface area contributed by atoms with Crippen LogP contribution in [0.1, 0.15) is 13.8 Å². The molecule has 1 saturated heterocycles. The van der Waals surface area contributed by atoms with Crippen molar-refractivity contribution in [3.05, 3.63) is 28.3 Å². The van der Waals surface area contributed by atoms with Crippen LogP contribution in [0.5, 0.6) is 0 Å². The highest BCUT2D eigenvalue weighted by atomic mass is 16.6. The molecule has 104 valence electrons. The number of nitro groups is 1. The molecule has 1 heterocycles. The summed E-state index contributed by atoms with van der Waals surface area (Å²) in [5, 5.41) is 14.2. The molecule has 0 spiro atoms. The average Bonchev–Trinajstić information content (AvgIpc) is 2.37. The number of ether oxygens (including phenoxy) is 1. The fourth-order valence-electron chi connectivity index (χ4n) is 2.45. The fourth-order valence-corrected chi connectivity index (χ4v) is 2.45. The molecule has 0 amide bonds. The minimum Gasteiger partial charge on any atom is -0.382 e. The third-order valence-corrected chi connectivity index (χ3v) is 3.40. The summed E-state index contributed by atoms with van der Waals surface area (Å²) in [5.74, 6) is 0. The number of nitrogens with zero attached hydrogens (tertiary/aromatic N) is 2. The monoisotopic (exact) mass is 265 g/mol. The van der Waals surface area contributed by atoms with E-state index in [0.717, 1.165) is 0 Å². The van der Waals surface area contributed by atoms with E-state index < -0.39 is 0 Å². The van der Waals surface area contributed by atoms with Crippen LogP contribution in [0.25, 0.3) is 0 Å². The molecule has 1 aromatic carbocycles. The first-order valence-corrected chi connectivity index (χ1v) is 6.28. The van der Waals surface area contributed by atoms with E-state index in [1.54, 1.807) is 19.2 Å². The molecule has 1 aliphatic rings. The smallest absolute Gasteiger partial charge is 0.315 e. The predicted molar refractivity (Wildman–Crippen MR) is 74.9 cm³/mol. The van der Waals surface area contributed by atoms with Crippen molar-refractivity contribution in [1.82, 2.24) is 0 Å². The van der Waals surface area contributed by atoms with Crippen LogP contribution in [0.3, 0.4) is 0 Å². The van der Waals surface area contributed by atoms with Gasteiger partial charge in [-0.1, -0.05) is 6.07 Å². The maximum Gasteiger partial charge on any atom is 0.315 e. The highest BCUT2D eigenvalue weighted by Crippen LogP contribution is 2.39. The van der Waals surface area contributed by atoms with Crippen molar-refractivity contribution in [2.45, 2.75) is 19.4 Å². The topological polar surface area (TPSA) is 67.6 Å². The summed E-state index contributed by atoms with van der Waals surface area (Å²) >= 11 is 0. The molecule has 0 bridgehead atoms. The Bertz CT molecular complexity index is 488. The predicted octanol–water partition coefficient (Wildman–Crippen LogP) is 2.25. The van der Waals surface area contributed by atoms with Crippen molar-refractivity contribution < 1.29 is 9.66 Å². The number of morpholine rings is 1. The molecule has 0 atom stereocenters. The Hall–Kier alpha value is -1.82. The van der Waals surface area contributed by atoms with Gasteiger partial charge in [0.05, 0.1) is 23.7 Å². The molecule has 2 rings (SSSR count). The van der Waals surface area contributed by atoms with Gasteiger partial charge in [0.2, 0.25) is 0 Å². The minimum absolute atomic E-state index is 0.125. The van der Waals surface area contributed by atoms with Gasteiger partial charge in [-0.2, -0.15) is 0 Å². The largest absolute Gasteiger partial charge is 0.382 e. The highest BCUT2D eigenvalue weighted by Gasteiger charge is 2.35.